The maximum atomic E-state index is 12.4. The van der Waals surface area contributed by atoms with Gasteiger partial charge in [0.05, 0.1) is 12.0 Å². The molecule has 6 nitrogen and oxygen atoms in total. The van der Waals surface area contributed by atoms with Crippen LogP contribution >= 0.6 is 0 Å². The van der Waals surface area contributed by atoms with Gasteiger partial charge < -0.3 is 9.47 Å². The van der Waals surface area contributed by atoms with Gasteiger partial charge in [-0.1, -0.05) is 30.3 Å². The third-order valence-corrected chi connectivity index (χ3v) is 5.18. The Morgan fingerprint density at radius 2 is 1.67 bits per heavy atom. The molecule has 0 saturated carbocycles. The quantitative estimate of drug-likeness (QED) is 0.716. The average Bonchev–Trinajstić information content (AvgIpc) is 2.60. The van der Waals surface area contributed by atoms with Crippen molar-refractivity contribution in [3.8, 4) is 5.75 Å². The molecule has 0 heterocycles. The summed E-state index contributed by atoms with van der Waals surface area (Å²) in [6.07, 6.45) is 0. The van der Waals surface area contributed by atoms with E-state index in [9.17, 15) is 13.2 Å². The third-order valence-electron chi connectivity index (χ3n) is 3.36. The molecular formula is C17H19NO5S. The zero-order valence-electron chi connectivity index (χ0n) is 13.5. The molecule has 0 amide bonds. The zero-order valence-corrected chi connectivity index (χ0v) is 14.3. The number of hydrogen-bond donors (Lipinski definition) is 0. The van der Waals surface area contributed by atoms with Crippen molar-refractivity contribution in [2.24, 2.45) is 0 Å². The number of esters is 1. The molecule has 2 aromatic carbocycles. The topological polar surface area (TPSA) is 72.9 Å². The average molecular weight is 349 g/mol. The number of methoxy groups -OCH3 is 1. The molecule has 0 unspecified atom stereocenters. The summed E-state index contributed by atoms with van der Waals surface area (Å²) in [7, 11) is -0.930. The molecule has 24 heavy (non-hydrogen) atoms. The molecule has 0 aromatic heterocycles. The highest BCUT2D eigenvalue weighted by Gasteiger charge is 2.23. The van der Waals surface area contributed by atoms with Crippen LogP contribution in [0.4, 0.5) is 0 Å². The summed E-state index contributed by atoms with van der Waals surface area (Å²) in [5.74, 6) is -0.0580. The van der Waals surface area contributed by atoms with Crippen LogP contribution in [0.2, 0.25) is 0 Å². The van der Waals surface area contributed by atoms with Gasteiger partial charge in [-0.25, -0.2) is 8.42 Å². The largest absolute Gasteiger partial charge is 0.497 e. The molecule has 0 saturated heterocycles. The Bertz CT molecular complexity index is 772. The number of sulfonamides is 1. The molecule has 2 aromatic rings. The minimum atomic E-state index is -3.77. The highest BCUT2D eigenvalue weighted by atomic mass is 32.2. The molecule has 0 atom stereocenters. The number of hydrogen-bond acceptors (Lipinski definition) is 5. The van der Waals surface area contributed by atoms with Gasteiger partial charge >= 0.3 is 5.97 Å². The monoisotopic (exact) mass is 349 g/mol. The summed E-state index contributed by atoms with van der Waals surface area (Å²) < 4.78 is 35.9. The number of ether oxygens (including phenoxy) is 2. The second-order valence-electron chi connectivity index (χ2n) is 5.08. The summed E-state index contributed by atoms with van der Waals surface area (Å²) in [4.78, 5) is 11.9. The molecule has 0 bridgehead atoms. The van der Waals surface area contributed by atoms with E-state index in [1.165, 1.54) is 26.3 Å². The predicted octanol–water partition coefficient (Wildman–Crippen LogP) is 2.06. The Morgan fingerprint density at radius 3 is 2.25 bits per heavy atom. The van der Waals surface area contributed by atoms with Crippen LogP contribution < -0.4 is 4.74 Å². The van der Waals surface area contributed by atoms with Crippen LogP contribution in [0.15, 0.2) is 59.5 Å². The molecule has 2 rings (SSSR count). The number of rotatable bonds is 7. The van der Waals surface area contributed by atoms with Crippen molar-refractivity contribution in [3.63, 3.8) is 0 Å². The fourth-order valence-corrected chi connectivity index (χ4v) is 3.09. The maximum Gasteiger partial charge on any atom is 0.321 e. The first kappa shape index (κ1) is 18.0. The first-order valence-electron chi connectivity index (χ1n) is 7.23. The minimum absolute atomic E-state index is 0.0849. The summed E-state index contributed by atoms with van der Waals surface area (Å²) >= 11 is 0. The van der Waals surface area contributed by atoms with Gasteiger partial charge in [0.15, 0.2) is 0 Å². The van der Waals surface area contributed by atoms with Gasteiger partial charge in [-0.2, -0.15) is 4.31 Å². The lowest BCUT2D eigenvalue weighted by molar-refractivity contribution is -0.144. The number of benzene rings is 2. The van der Waals surface area contributed by atoms with Gasteiger partial charge in [-0.15, -0.1) is 0 Å². The smallest absolute Gasteiger partial charge is 0.321 e. The SMILES string of the molecule is COc1ccc(S(=O)(=O)N(C)CC(=O)OCc2ccccc2)cc1. The van der Waals surface area contributed by atoms with Crippen LogP contribution in [0.1, 0.15) is 5.56 Å². The minimum Gasteiger partial charge on any atom is -0.497 e. The second-order valence-corrected chi connectivity index (χ2v) is 7.13. The number of carbonyl (C=O) groups excluding carboxylic acids is 1. The van der Waals surface area contributed by atoms with Crippen LogP contribution in [0.25, 0.3) is 0 Å². The Hall–Kier alpha value is -2.38. The highest BCUT2D eigenvalue weighted by Crippen LogP contribution is 2.18. The molecule has 7 heteroatoms. The normalized spacial score (nSPS) is 11.3. The molecule has 0 spiro atoms. The fourth-order valence-electron chi connectivity index (χ4n) is 1.98. The summed E-state index contributed by atoms with van der Waals surface area (Å²) in [5, 5.41) is 0. The Balaban J connectivity index is 1.96. The molecular weight excluding hydrogens is 330 g/mol. The van der Waals surface area contributed by atoms with Gasteiger partial charge in [-0.05, 0) is 29.8 Å². The van der Waals surface area contributed by atoms with Crippen molar-refractivity contribution in [2.45, 2.75) is 11.5 Å². The van der Waals surface area contributed by atoms with Crippen molar-refractivity contribution >= 4 is 16.0 Å². The molecule has 0 radical (unpaired) electrons. The molecule has 0 aliphatic rings. The lowest BCUT2D eigenvalue weighted by Gasteiger charge is -2.16. The van der Waals surface area contributed by atoms with E-state index in [0.29, 0.717) is 5.75 Å². The van der Waals surface area contributed by atoms with Crippen LogP contribution in [-0.4, -0.2) is 39.4 Å². The number of nitrogens with zero attached hydrogens (tertiary/aromatic N) is 1. The molecule has 0 aliphatic heterocycles. The van der Waals surface area contributed by atoms with E-state index in [0.717, 1.165) is 9.87 Å². The number of carbonyl (C=O) groups is 1. The highest BCUT2D eigenvalue weighted by molar-refractivity contribution is 7.89. The van der Waals surface area contributed by atoms with E-state index in [1.807, 2.05) is 30.3 Å². The maximum absolute atomic E-state index is 12.4. The number of likely N-dealkylation sites (N-methyl/N-ethyl adjacent to an activating group) is 1. The van der Waals surface area contributed by atoms with E-state index in [2.05, 4.69) is 0 Å². The van der Waals surface area contributed by atoms with Crippen LogP contribution in [-0.2, 0) is 26.2 Å². The first-order valence-corrected chi connectivity index (χ1v) is 8.67. The van der Waals surface area contributed by atoms with Gasteiger partial charge in [0.1, 0.15) is 18.9 Å². The molecule has 0 aliphatic carbocycles. The Labute approximate surface area is 141 Å². The molecule has 0 fully saturated rings. The van der Waals surface area contributed by atoms with Crippen LogP contribution in [0.3, 0.4) is 0 Å². The Kier molecular flexibility index (Phi) is 5.94. The van der Waals surface area contributed by atoms with Gasteiger partial charge in [-0.3, -0.25) is 4.79 Å². The van der Waals surface area contributed by atoms with E-state index in [4.69, 9.17) is 9.47 Å². The summed E-state index contributed by atoms with van der Waals surface area (Å²) in [6, 6.07) is 15.1. The zero-order chi connectivity index (χ0) is 17.6. The molecule has 0 N–H and O–H groups in total. The van der Waals surface area contributed by atoms with Crippen LogP contribution in [0, 0.1) is 0 Å². The van der Waals surface area contributed by atoms with Gasteiger partial charge in [0, 0.05) is 7.05 Å². The van der Waals surface area contributed by atoms with Crippen molar-refractivity contribution < 1.29 is 22.7 Å². The van der Waals surface area contributed by atoms with Crippen molar-refractivity contribution in [2.75, 3.05) is 20.7 Å². The van der Waals surface area contributed by atoms with Crippen molar-refractivity contribution in [1.29, 1.82) is 0 Å². The van der Waals surface area contributed by atoms with E-state index < -0.39 is 16.0 Å². The van der Waals surface area contributed by atoms with E-state index >= 15 is 0 Å². The van der Waals surface area contributed by atoms with Gasteiger partial charge in [0.2, 0.25) is 10.0 Å². The summed E-state index contributed by atoms with van der Waals surface area (Å²) in [6.45, 7) is -0.253. The third kappa shape index (κ3) is 4.56. The van der Waals surface area contributed by atoms with Crippen molar-refractivity contribution in [3.05, 3.63) is 60.2 Å². The van der Waals surface area contributed by atoms with E-state index in [-0.39, 0.29) is 18.0 Å². The standard InChI is InChI=1S/C17H19NO5S/c1-18(12-17(19)23-13-14-6-4-3-5-7-14)24(20,21)16-10-8-15(22-2)9-11-16/h3-11H,12-13H2,1-2H3. The lowest BCUT2D eigenvalue weighted by atomic mass is 10.2. The van der Waals surface area contributed by atoms with Crippen molar-refractivity contribution in [1.82, 2.24) is 4.31 Å². The lowest BCUT2D eigenvalue weighted by Crippen LogP contribution is -2.33. The fraction of sp³-hybridized carbons (Fsp3) is 0.235. The predicted molar refractivity (Wildman–Crippen MR) is 89.0 cm³/mol. The van der Waals surface area contributed by atoms with Gasteiger partial charge in [0.25, 0.3) is 0 Å². The van der Waals surface area contributed by atoms with Crippen LogP contribution in [0.5, 0.6) is 5.75 Å². The Morgan fingerprint density at radius 1 is 1.04 bits per heavy atom. The molecule has 128 valence electrons. The second kappa shape index (κ2) is 7.94. The van der Waals surface area contributed by atoms with E-state index in [1.54, 1.807) is 12.1 Å². The first-order chi connectivity index (χ1) is 11.4. The summed E-state index contributed by atoms with van der Waals surface area (Å²) in [5.41, 5.74) is 0.839.